The molecule has 0 aliphatic carbocycles. The van der Waals surface area contributed by atoms with Crippen LogP contribution in [0.2, 0.25) is 10.0 Å². The summed E-state index contributed by atoms with van der Waals surface area (Å²) in [4.78, 5) is 18.5. The molecular formula is C25H27Cl2FN6O3. The zero-order valence-electron chi connectivity index (χ0n) is 20.4. The minimum atomic E-state index is -0.694. The van der Waals surface area contributed by atoms with Gasteiger partial charge in [0.25, 0.3) is 0 Å². The molecule has 0 bridgehead atoms. The van der Waals surface area contributed by atoms with Gasteiger partial charge in [0.05, 0.1) is 36.1 Å². The van der Waals surface area contributed by atoms with Crippen molar-refractivity contribution in [1.29, 1.82) is 0 Å². The molecule has 37 heavy (non-hydrogen) atoms. The van der Waals surface area contributed by atoms with Crippen molar-refractivity contribution in [3.8, 4) is 17.0 Å². The fourth-order valence-corrected chi connectivity index (χ4v) is 5.57. The first-order valence-electron chi connectivity index (χ1n) is 12.0. The van der Waals surface area contributed by atoms with Crippen molar-refractivity contribution in [2.24, 2.45) is 0 Å². The number of nitrogens with one attached hydrogen (secondary N) is 1. The molecule has 12 heteroatoms. The molecule has 1 fully saturated rings. The number of nitrogens with zero attached hydrogens (tertiary/aromatic N) is 4. The molecule has 2 atom stereocenters. The first kappa shape index (κ1) is 25.6. The van der Waals surface area contributed by atoms with E-state index in [1.54, 1.807) is 24.1 Å². The maximum absolute atomic E-state index is 14.0. The molecule has 0 saturated carbocycles. The largest absolute Gasteiger partial charge is 0.482 e. The minimum absolute atomic E-state index is 0.100. The second-order valence-electron chi connectivity index (χ2n) is 9.11. The summed E-state index contributed by atoms with van der Waals surface area (Å²) in [6.45, 7) is 6.30. The summed E-state index contributed by atoms with van der Waals surface area (Å²) >= 11 is 12.4. The van der Waals surface area contributed by atoms with E-state index in [-0.39, 0.29) is 21.9 Å². The van der Waals surface area contributed by atoms with Gasteiger partial charge in [-0.05, 0) is 38.1 Å². The third-order valence-corrected chi connectivity index (χ3v) is 7.46. The van der Waals surface area contributed by atoms with Gasteiger partial charge in [-0.3, -0.25) is 4.68 Å². The second-order valence-corrected chi connectivity index (χ2v) is 9.90. The number of pyridine rings is 1. The lowest BCUT2D eigenvalue weighted by Crippen LogP contribution is -2.44. The van der Waals surface area contributed by atoms with Crippen LogP contribution in [0.15, 0.2) is 30.5 Å². The first-order chi connectivity index (χ1) is 17.7. The topological polar surface area (TPSA) is 108 Å². The molecule has 1 aromatic carbocycles. The average molecular weight is 549 g/mol. The third-order valence-electron chi connectivity index (χ3n) is 6.74. The van der Waals surface area contributed by atoms with Crippen molar-refractivity contribution in [1.82, 2.24) is 25.0 Å². The van der Waals surface area contributed by atoms with Gasteiger partial charge >= 0.3 is 6.03 Å². The van der Waals surface area contributed by atoms with Crippen LogP contribution < -0.4 is 15.8 Å². The van der Waals surface area contributed by atoms with Crippen LogP contribution in [0.5, 0.6) is 5.75 Å². The van der Waals surface area contributed by atoms with Crippen LogP contribution >= 0.6 is 23.2 Å². The highest BCUT2D eigenvalue weighted by Crippen LogP contribution is 2.41. The predicted octanol–water partition coefficient (Wildman–Crippen LogP) is 4.77. The number of rotatable bonds is 5. The molecule has 9 nitrogen and oxygen atoms in total. The Morgan fingerprint density at radius 3 is 2.95 bits per heavy atom. The summed E-state index contributed by atoms with van der Waals surface area (Å²) in [5.74, 6) is -0.133. The molecule has 2 aromatic heterocycles. The molecule has 0 unspecified atom stereocenters. The number of aromatic nitrogens is 3. The zero-order valence-corrected chi connectivity index (χ0v) is 21.9. The molecule has 0 radical (unpaired) electrons. The fourth-order valence-electron chi connectivity index (χ4n) is 4.90. The van der Waals surface area contributed by atoms with E-state index in [4.69, 9.17) is 43.5 Å². The summed E-state index contributed by atoms with van der Waals surface area (Å²) in [6.07, 6.45) is 1.60. The Labute approximate surface area is 223 Å². The molecule has 2 aliphatic heterocycles. The molecule has 3 aromatic rings. The minimum Gasteiger partial charge on any atom is -0.482 e. The van der Waals surface area contributed by atoms with Gasteiger partial charge in [-0.15, -0.1) is 0 Å². The van der Waals surface area contributed by atoms with Gasteiger partial charge in [0.1, 0.15) is 17.5 Å². The SMILES string of the molecule is CCNC(=O)N1CC[C@]2(C1)OCCn1nc(-c3cnc(N)c(O[C@H](C)c4c(Cl)ccc(F)c4Cl)c3)cc12. The Hall–Kier alpha value is -3.08. The first-order valence-corrected chi connectivity index (χ1v) is 12.8. The van der Waals surface area contributed by atoms with Crippen molar-refractivity contribution in [3.05, 3.63) is 57.6 Å². The number of halogens is 3. The molecule has 5 rings (SSSR count). The number of anilines is 1. The number of urea groups is 1. The van der Waals surface area contributed by atoms with E-state index in [0.717, 1.165) is 5.69 Å². The van der Waals surface area contributed by atoms with Gasteiger partial charge in [0.15, 0.2) is 11.6 Å². The van der Waals surface area contributed by atoms with Gasteiger partial charge < -0.3 is 25.4 Å². The molecule has 2 aliphatic rings. The number of benzene rings is 1. The molecule has 196 valence electrons. The molecule has 4 heterocycles. The Morgan fingerprint density at radius 1 is 1.35 bits per heavy atom. The van der Waals surface area contributed by atoms with Crippen LogP contribution in [0.1, 0.15) is 37.6 Å². The highest BCUT2D eigenvalue weighted by molar-refractivity contribution is 6.36. The molecule has 2 amide bonds. The number of hydrogen-bond donors (Lipinski definition) is 2. The van der Waals surface area contributed by atoms with E-state index < -0.39 is 17.5 Å². The number of amides is 2. The number of carbonyl (C=O) groups is 1. The van der Waals surface area contributed by atoms with Crippen LogP contribution in [0, 0.1) is 5.82 Å². The number of nitrogen functional groups attached to an aromatic ring is 1. The Balaban J connectivity index is 1.43. The van der Waals surface area contributed by atoms with Gasteiger partial charge in [0.2, 0.25) is 0 Å². The van der Waals surface area contributed by atoms with Gasteiger partial charge in [-0.25, -0.2) is 14.2 Å². The van der Waals surface area contributed by atoms with Crippen LogP contribution in [0.25, 0.3) is 11.3 Å². The summed E-state index contributed by atoms with van der Waals surface area (Å²) in [5.41, 5.74) is 8.06. The fraction of sp³-hybridized carbons (Fsp3) is 0.400. The van der Waals surface area contributed by atoms with E-state index in [2.05, 4.69) is 10.3 Å². The van der Waals surface area contributed by atoms with Crippen LogP contribution in [-0.2, 0) is 16.9 Å². The van der Waals surface area contributed by atoms with Crippen molar-refractivity contribution >= 4 is 35.1 Å². The van der Waals surface area contributed by atoms with Crippen molar-refractivity contribution in [2.75, 3.05) is 32.0 Å². The van der Waals surface area contributed by atoms with Crippen molar-refractivity contribution < 1.29 is 18.7 Å². The van der Waals surface area contributed by atoms with Crippen molar-refractivity contribution in [2.45, 2.75) is 38.5 Å². The number of fused-ring (bicyclic) bond motifs is 2. The number of carbonyl (C=O) groups excluding carboxylic acids is 1. The van der Waals surface area contributed by atoms with Gasteiger partial charge in [-0.2, -0.15) is 5.10 Å². The second kappa shape index (κ2) is 10.00. The smallest absolute Gasteiger partial charge is 0.317 e. The molecule has 1 spiro atoms. The molecule has 1 saturated heterocycles. The number of ether oxygens (including phenoxy) is 2. The predicted molar refractivity (Wildman–Crippen MR) is 138 cm³/mol. The Morgan fingerprint density at radius 2 is 2.16 bits per heavy atom. The highest BCUT2D eigenvalue weighted by atomic mass is 35.5. The lowest BCUT2D eigenvalue weighted by molar-refractivity contribution is -0.0701. The van der Waals surface area contributed by atoms with Crippen molar-refractivity contribution in [3.63, 3.8) is 0 Å². The standard InChI is InChI=1S/C25H27Cl2FN6O3/c1-3-30-24(35)33-7-6-25(13-33)20-11-18(32-34(20)8-9-36-25)15-10-19(23(29)31-12-15)37-14(2)21-16(26)4-5-17(28)22(21)27/h4-5,10-12,14H,3,6-9,13H2,1-2H3,(H2,29,31)(H,30,35)/t14-,25-/m1/s1. The number of nitrogens with two attached hydrogens (primary N) is 1. The summed E-state index contributed by atoms with van der Waals surface area (Å²) in [6, 6.07) is 6.23. The summed E-state index contributed by atoms with van der Waals surface area (Å²) in [7, 11) is 0. The number of likely N-dealkylation sites (tertiary alicyclic amines) is 1. The summed E-state index contributed by atoms with van der Waals surface area (Å²) < 4.78 is 28.2. The van der Waals surface area contributed by atoms with Crippen LogP contribution in [0.3, 0.4) is 0 Å². The molecule has 3 N–H and O–H groups in total. The maximum Gasteiger partial charge on any atom is 0.317 e. The lowest BCUT2D eigenvalue weighted by Gasteiger charge is -2.34. The highest BCUT2D eigenvalue weighted by Gasteiger charge is 2.46. The summed E-state index contributed by atoms with van der Waals surface area (Å²) in [5, 5.41) is 7.81. The van der Waals surface area contributed by atoms with E-state index >= 15 is 0 Å². The normalized spacial score (nSPS) is 19.6. The van der Waals surface area contributed by atoms with Gasteiger partial charge in [0, 0.05) is 41.9 Å². The van der Waals surface area contributed by atoms with E-state index in [1.807, 2.05) is 17.7 Å². The quantitative estimate of drug-likeness (QED) is 0.444. The Kier molecular flexibility index (Phi) is 6.91. The third kappa shape index (κ3) is 4.69. The van der Waals surface area contributed by atoms with Crippen LogP contribution in [-0.4, -0.2) is 51.9 Å². The monoisotopic (exact) mass is 548 g/mol. The number of hydrogen-bond acceptors (Lipinski definition) is 6. The Bertz CT molecular complexity index is 1350. The molecular weight excluding hydrogens is 522 g/mol. The zero-order chi connectivity index (χ0) is 26.3. The van der Waals surface area contributed by atoms with E-state index in [0.29, 0.717) is 61.8 Å². The van der Waals surface area contributed by atoms with E-state index in [1.165, 1.54) is 12.1 Å². The average Bonchev–Trinajstić information content (AvgIpc) is 3.50. The van der Waals surface area contributed by atoms with Crippen LogP contribution in [0.4, 0.5) is 15.0 Å². The maximum atomic E-state index is 14.0. The van der Waals surface area contributed by atoms with Gasteiger partial charge in [-0.1, -0.05) is 23.2 Å². The van der Waals surface area contributed by atoms with E-state index in [9.17, 15) is 9.18 Å². The lowest BCUT2D eigenvalue weighted by atomic mass is 9.96.